The second-order valence-corrected chi connectivity index (χ2v) is 7.91. The minimum absolute atomic E-state index is 0.131. The first-order valence-corrected chi connectivity index (χ1v) is 11.3. The number of rotatable bonds is 4. The van der Waals surface area contributed by atoms with E-state index in [2.05, 4.69) is 20.3 Å². The lowest BCUT2D eigenvalue weighted by molar-refractivity contribution is 0.0695. The van der Waals surface area contributed by atoms with E-state index in [1.807, 2.05) is 30.3 Å². The van der Waals surface area contributed by atoms with Crippen LogP contribution < -0.4 is 11.1 Å². The lowest BCUT2D eigenvalue weighted by Crippen LogP contribution is -2.14. The number of anilines is 2. The molecule has 0 aliphatic heterocycles. The molecule has 0 saturated carbocycles. The van der Waals surface area contributed by atoms with E-state index < -0.39 is 23.7 Å². The molecule has 3 heterocycles. The molecule has 0 radical (unpaired) electrons. The Labute approximate surface area is 222 Å². The Balaban J connectivity index is 0.000000226. The van der Waals surface area contributed by atoms with Gasteiger partial charge in [0.05, 0.1) is 46.4 Å². The highest BCUT2D eigenvalue weighted by atomic mass is 19.1. The van der Waals surface area contributed by atoms with Gasteiger partial charge >= 0.3 is 12.1 Å². The molecule has 0 bridgehead atoms. The van der Waals surface area contributed by atoms with E-state index >= 15 is 0 Å². The van der Waals surface area contributed by atoms with Crippen molar-refractivity contribution in [3.8, 4) is 0 Å². The van der Waals surface area contributed by atoms with Gasteiger partial charge < -0.3 is 15.6 Å². The number of hydrogen-bond acceptors (Lipinski definition) is 7. The molecule has 39 heavy (non-hydrogen) atoms. The third kappa shape index (κ3) is 10.5. The number of pyridine rings is 3. The predicted octanol–water partition coefficient (Wildman–Crippen LogP) is 5.62. The van der Waals surface area contributed by atoms with E-state index in [0.717, 1.165) is 17.8 Å². The summed E-state index contributed by atoms with van der Waals surface area (Å²) in [5, 5.41) is 10.8. The number of benzene rings is 1. The molecular formula is C27H26F3N5O4. The van der Waals surface area contributed by atoms with Crippen LogP contribution >= 0.6 is 0 Å². The summed E-state index contributed by atoms with van der Waals surface area (Å²) in [5.41, 5.74) is 7.46. The number of ether oxygens (including phenoxy) is 1. The zero-order chi connectivity index (χ0) is 28.9. The van der Waals surface area contributed by atoms with Crippen molar-refractivity contribution in [2.75, 3.05) is 11.1 Å². The van der Waals surface area contributed by atoms with Crippen molar-refractivity contribution < 1.29 is 32.6 Å². The van der Waals surface area contributed by atoms with Gasteiger partial charge in [-0.3, -0.25) is 20.3 Å². The van der Waals surface area contributed by atoms with Crippen molar-refractivity contribution in [1.82, 2.24) is 15.0 Å². The normalized spacial score (nSPS) is 9.79. The number of carbonyl (C=O) groups is 2. The summed E-state index contributed by atoms with van der Waals surface area (Å²) in [5.74, 6) is -2.59. The van der Waals surface area contributed by atoms with Crippen molar-refractivity contribution in [1.29, 1.82) is 0 Å². The lowest BCUT2D eigenvalue weighted by atomic mass is 10.2. The summed E-state index contributed by atoms with van der Waals surface area (Å²) in [6.07, 6.45) is 3.29. The van der Waals surface area contributed by atoms with Gasteiger partial charge in [0.15, 0.2) is 0 Å². The van der Waals surface area contributed by atoms with Crippen molar-refractivity contribution in [3.63, 3.8) is 0 Å². The maximum atomic E-state index is 13.2. The molecule has 1 amide bonds. The molecule has 0 spiro atoms. The van der Waals surface area contributed by atoms with Crippen LogP contribution in [0.1, 0.15) is 33.0 Å². The Morgan fingerprint density at radius 2 is 1.38 bits per heavy atom. The van der Waals surface area contributed by atoms with Crippen molar-refractivity contribution in [2.45, 2.75) is 27.4 Å². The number of nitrogens with zero attached hydrogens (tertiary/aromatic N) is 3. The van der Waals surface area contributed by atoms with Gasteiger partial charge in [-0.15, -0.1) is 0 Å². The number of nitrogens with two attached hydrogens (primary N) is 1. The van der Waals surface area contributed by atoms with Crippen LogP contribution in [0.2, 0.25) is 0 Å². The highest BCUT2D eigenvalue weighted by Gasteiger charge is 2.07. The van der Waals surface area contributed by atoms with Gasteiger partial charge in [0.2, 0.25) is 0 Å². The van der Waals surface area contributed by atoms with Crippen LogP contribution in [-0.2, 0) is 11.3 Å². The molecular weight excluding hydrogens is 515 g/mol. The van der Waals surface area contributed by atoms with E-state index in [9.17, 15) is 22.8 Å². The first-order valence-electron chi connectivity index (χ1n) is 11.3. The second-order valence-electron chi connectivity index (χ2n) is 7.91. The minimum atomic E-state index is -1.17. The average Bonchev–Trinajstić information content (AvgIpc) is 2.90. The number of halogens is 3. The van der Waals surface area contributed by atoms with Gasteiger partial charge in [-0.05, 0) is 32.4 Å². The number of nitrogen functional groups attached to an aromatic ring is 1. The number of carboxylic acids is 1. The van der Waals surface area contributed by atoms with Crippen LogP contribution in [0.5, 0.6) is 0 Å². The SMILES string of the molecule is Cc1ncc(C(=O)O)cc1F.Cc1ncc(N)cc1F.Cc1ncc(NC(=O)OCc2ccccc2)cc1F. The van der Waals surface area contributed by atoms with Crippen molar-refractivity contribution in [3.05, 3.63) is 113 Å². The van der Waals surface area contributed by atoms with Gasteiger partial charge in [-0.2, -0.15) is 0 Å². The number of carboxylic acid groups (broad SMARTS) is 1. The standard InChI is InChI=1S/C14H13FN2O2.C7H6FNO2.C6H7FN2/c1-10-13(15)7-12(8-16-10)17-14(18)19-9-11-5-3-2-4-6-11;1-4-6(8)2-5(3-9-4)7(10)11;1-4-6(7)2-5(8)3-9-4/h2-8H,9H2,1H3,(H,17,18);2-3H,1H3,(H,10,11);2-3H,8H2,1H3. The summed E-state index contributed by atoms with van der Waals surface area (Å²) >= 11 is 0. The third-order valence-electron chi connectivity index (χ3n) is 4.80. The van der Waals surface area contributed by atoms with Gasteiger partial charge in [0.1, 0.15) is 24.1 Å². The highest BCUT2D eigenvalue weighted by molar-refractivity contribution is 5.87. The molecule has 0 aliphatic rings. The van der Waals surface area contributed by atoms with E-state index in [0.29, 0.717) is 11.4 Å². The molecule has 12 heteroatoms. The Bertz CT molecular complexity index is 1420. The monoisotopic (exact) mass is 541 g/mol. The summed E-state index contributed by atoms with van der Waals surface area (Å²) in [6.45, 7) is 4.77. The lowest BCUT2D eigenvalue weighted by Gasteiger charge is -2.07. The topological polar surface area (TPSA) is 140 Å². The molecule has 9 nitrogen and oxygen atoms in total. The molecule has 204 valence electrons. The number of aromatic nitrogens is 3. The first kappa shape index (κ1) is 30.2. The van der Waals surface area contributed by atoms with E-state index in [4.69, 9.17) is 15.6 Å². The minimum Gasteiger partial charge on any atom is -0.478 e. The Hall–Kier alpha value is -5.00. The molecule has 0 atom stereocenters. The number of aryl methyl sites for hydroxylation is 3. The second kappa shape index (κ2) is 14.7. The molecule has 0 unspecified atom stereocenters. The van der Waals surface area contributed by atoms with Crippen LogP contribution in [0.15, 0.2) is 67.1 Å². The van der Waals surface area contributed by atoms with E-state index in [1.54, 1.807) is 13.8 Å². The fourth-order valence-corrected chi connectivity index (χ4v) is 2.60. The van der Waals surface area contributed by atoms with Gasteiger partial charge in [-0.1, -0.05) is 30.3 Å². The number of aromatic carboxylic acids is 1. The van der Waals surface area contributed by atoms with Crippen LogP contribution in [0.25, 0.3) is 0 Å². The maximum absolute atomic E-state index is 13.2. The van der Waals surface area contributed by atoms with Crippen molar-refractivity contribution in [2.24, 2.45) is 0 Å². The Morgan fingerprint density at radius 3 is 1.90 bits per heavy atom. The molecule has 0 aliphatic carbocycles. The molecule has 4 N–H and O–H groups in total. The quantitative estimate of drug-likeness (QED) is 0.303. The fourth-order valence-electron chi connectivity index (χ4n) is 2.60. The molecule has 1 aromatic carbocycles. The third-order valence-corrected chi connectivity index (χ3v) is 4.80. The zero-order valence-electron chi connectivity index (χ0n) is 21.3. The summed E-state index contributed by atoms with van der Waals surface area (Å²) < 4.78 is 43.3. The van der Waals surface area contributed by atoms with E-state index in [-0.39, 0.29) is 35.1 Å². The Kier molecular flexibility index (Phi) is 11.4. The van der Waals surface area contributed by atoms with E-state index in [1.165, 1.54) is 31.5 Å². The average molecular weight is 542 g/mol. The zero-order valence-corrected chi connectivity index (χ0v) is 21.3. The summed E-state index contributed by atoms with van der Waals surface area (Å²) in [6, 6.07) is 12.7. The van der Waals surface area contributed by atoms with Gasteiger partial charge in [0.25, 0.3) is 0 Å². The maximum Gasteiger partial charge on any atom is 0.412 e. The number of hydrogen-bond donors (Lipinski definition) is 3. The van der Waals surface area contributed by atoms with Crippen molar-refractivity contribution >= 4 is 23.4 Å². The number of amides is 1. The van der Waals surface area contributed by atoms with Crippen LogP contribution in [0.3, 0.4) is 0 Å². The highest BCUT2D eigenvalue weighted by Crippen LogP contribution is 2.11. The number of nitrogens with one attached hydrogen (secondary N) is 1. The first-order chi connectivity index (χ1) is 18.5. The summed E-state index contributed by atoms with van der Waals surface area (Å²) in [7, 11) is 0. The van der Waals surface area contributed by atoms with Gasteiger partial charge in [0, 0.05) is 18.3 Å². The molecule has 0 saturated heterocycles. The fraction of sp³-hybridized carbons (Fsp3) is 0.148. The van der Waals surface area contributed by atoms with Gasteiger partial charge in [-0.25, -0.2) is 22.8 Å². The Morgan fingerprint density at radius 1 is 0.846 bits per heavy atom. The summed E-state index contributed by atoms with van der Waals surface area (Å²) in [4.78, 5) is 32.8. The van der Waals surface area contributed by atoms with Crippen LogP contribution in [0.4, 0.5) is 29.3 Å². The van der Waals surface area contributed by atoms with Crippen LogP contribution in [-0.4, -0.2) is 32.1 Å². The largest absolute Gasteiger partial charge is 0.478 e. The van der Waals surface area contributed by atoms with Crippen LogP contribution in [0, 0.1) is 38.2 Å². The smallest absolute Gasteiger partial charge is 0.412 e. The molecule has 0 fully saturated rings. The predicted molar refractivity (Wildman–Crippen MR) is 138 cm³/mol. The number of carbonyl (C=O) groups excluding carboxylic acids is 1. The molecule has 3 aromatic heterocycles. The molecule has 4 rings (SSSR count). The molecule has 4 aromatic rings.